The van der Waals surface area contributed by atoms with Gasteiger partial charge in [-0.3, -0.25) is 4.79 Å². The Labute approximate surface area is 140 Å². The van der Waals surface area contributed by atoms with Gasteiger partial charge in [0.25, 0.3) is 0 Å². The Morgan fingerprint density at radius 1 is 1.48 bits per heavy atom. The molecule has 0 saturated carbocycles. The molecule has 118 valence electrons. The van der Waals surface area contributed by atoms with Crippen LogP contribution in [0.4, 0.5) is 0 Å². The van der Waals surface area contributed by atoms with Crippen LogP contribution in [-0.4, -0.2) is 24.7 Å². The molecule has 1 aromatic rings. The fraction of sp³-hybridized carbons (Fsp3) is 0.500. The van der Waals surface area contributed by atoms with Gasteiger partial charge in [0.1, 0.15) is 6.10 Å². The second-order valence-corrected chi connectivity index (χ2v) is 5.72. The zero-order valence-corrected chi connectivity index (χ0v) is 14.0. The van der Waals surface area contributed by atoms with E-state index in [4.69, 9.17) is 33.7 Å². The summed E-state index contributed by atoms with van der Waals surface area (Å²) < 4.78 is 5.57. The molecule has 1 aliphatic rings. The summed E-state index contributed by atoms with van der Waals surface area (Å²) in [6.45, 7) is 2.31. The van der Waals surface area contributed by atoms with Crippen molar-refractivity contribution in [1.29, 1.82) is 0 Å². The molecule has 2 rings (SSSR count). The minimum Gasteiger partial charge on any atom is -0.364 e. The van der Waals surface area contributed by atoms with Gasteiger partial charge >= 0.3 is 0 Å². The average molecular weight is 354 g/mol. The van der Waals surface area contributed by atoms with Crippen molar-refractivity contribution in [3.8, 4) is 0 Å². The van der Waals surface area contributed by atoms with Crippen molar-refractivity contribution < 1.29 is 9.53 Å². The number of rotatable bonds is 4. The number of carbonyl (C=O) groups excluding carboxylic acids is 1. The Kier molecular flexibility index (Phi) is 7.24. The molecule has 4 nitrogen and oxygen atoms in total. The molecule has 1 aliphatic heterocycles. The van der Waals surface area contributed by atoms with E-state index in [9.17, 15) is 4.79 Å². The molecule has 1 heterocycles. The first-order chi connectivity index (χ1) is 9.52. The maximum absolute atomic E-state index is 12.1. The van der Waals surface area contributed by atoms with E-state index in [0.717, 1.165) is 12.0 Å². The van der Waals surface area contributed by atoms with Crippen LogP contribution in [0.3, 0.4) is 0 Å². The maximum atomic E-state index is 12.1. The molecule has 3 atom stereocenters. The van der Waals surface area contributed by atoms with Crippen molar-refractivity contribution in [2.75, 3.05) is 6.54 Å². The fourth-order valence-corrected chi connectivity index (χ4v) is 2.78. The van der Waals surface area contributed by atoms with E-state index in [2.05, 4.69) is 5.32 Å². The van der Waals surface area contributed by atoms with Gasteiger partial charge in [-0.1, -0.05) is 35.3 Å². The van der Waals surface area contributed by atoms with E-state index in [1.54, 1.807) is 6.07 Å². The van der Waals surface area contributed by atoms with E-state index >= 15 is 0 Å². The van der Waals surface area contributed by atoms with E-state index in [0.29, 0.717) is 23.0 Å². The van der Waals surface area contributed by atoms with Gasteiger partial charge in [0.05, 0.1) is 22.2 Å². The normalized spacial score (nSPS) is 22.5. The lowest BCUT2D eigenvalue weighted by Gasteiger charge is -2.19. The Morgan fingerprint density at radius 3 is 2.81 bits per heavy atom. The van der Waals surface area contributed by atoms with Gasteiger partial charge in [-0.05, 0) is 31.4 Å². The Bertz CT molecular complexity index is 499. The number of ether oxygens (including phenoxy) is 1. The first kappa shape index (κ1) is 18.5. The molecule has 1 aromatic carbocycles. The van der Waals surface area contributed by atoms with Gasteiger partial charge in [0.2, 0.25) is 5.91 Å². The summed E-state index contributed by atoms with van der Waals surface area (Å²) in [5.74, 6) is -0.135. The van der Waals surface area contributed by atoms with Gasteiger partial charge in [-0.15, -0.1) is 12.4 Å². The highest BCUT2D eigenvalue weighted by Crippen LogP contribution is 2.30. The fourth-order valence-electron chi connectivity index (χ4n) is 2.31. The molecular formula is C14H19Cl3N2O2. The number of amides is 1. The van der Waals surface area contributed by atoms with Crippen LogP contribution in [0.2, 0.25) is 10.0 Å². The average Bonchev–Trinajstić information content (AvgIpc) is 2.90. The number of halogens is 3. The topological polar surface area (TPSA) is 64.4 Å². The third-order valence-electron chi connectivity index (χ3n) is 3.47. The summed E-state index contributed by atoms with van der Waals surface area (Å²) in [5.41, 5.74) is 6.33. The lowest BCUT2D eigenvalue weighted by atomic mass is 10.1. The maximum Gasteiger partial charge on any atom is 0.249 e. The van der Waals surface area contributed by atoms with Crippen LogP contribution in [0.5, 0.6) is 0 Å². The van der Waals surface area contributed by atoms with Crippen molar-refractivity contribution in [1.82, 2.24) is 5.32 Å². The van der Waals surface area contributed by atoms with Crippen molar-refractivity contribution in [2.24, 2.45) is 5.73 Å². The summed E-state index contributed by atoms with van der Waals surface area (Å²) >= 11 is 12.1. The third-order valence-corrected chi connectivity index (χ3v) is 4.30. The van der Waals surface area contributed by atoms with Crippen molar-refractivity contribution in [2.45, 2.75) is 38.0 Å². The highest BCUT2D eigenvalue weighted by atomic mass is 35.5. The quantitative estimate of drug-likeness (QED) is 0.874. The summed E-state index contributed by atoms with van der Waals surface area (Å²) in [7, 11) is 0. The van der Waals surface area contributed by atoms with Crippen molar-refractivity contribution in [3.05, 3.63) is 33.8 Å². The smallest absolute Gasteiger partial charge is 0.249 e. The molecule has 0 radical (unpaired) electrons. The van der Waals surface area contributed by atoms with Gasteiger partial charge in [-0.2, -0.15) is 0 Å². The molecule has 1 unspecified atom stereocenters. The summed E-state index contributed by atoms with van der Waals surface area (Å²) in [5, 5.41) is 3.85. The third kappa shape index (κ3) is 4.47. The van der Waals surface area contributed by atoms with Crippen LogP contribution in [0.1, 0.15) is 31.4 Å². The number of benzene rings is 1. The number of carbonyl (C=O) groups is 1. The highest BCUT2D eigenvalue weighted by Gasteiger charge is 2.30. The zero-order chi connectivity index (χ0) is 14.7. The number of nitrogens with two attached hydrogens (primary N) is 1. The lowest BCUT2D eigenvalue weighted by Crippen LogP contribution is -2.37. The van der Waals surface area contributed by atoms with Gasteiger partial charge < -0.3 is 15.8 Å². The van der Waals surface area contributed by atoms with E-state index in [1.807, 2.05) is 19.1 Å². The Morgan fingerprint density at radius 2 is 2.19 bits per heavy atom. The van der Waals surface area contributed by atoms with E-state index in [-0.39, 0.29) is 30.5 Å². The minimum absolute atomic E-state index is 0. The molecule has 0 aliphatic carbocycles. The molecular weight excluding hydrogens is 335 g/mol. The van der Waals surface area contributed by atoms with Gasteiger partial charge in [-0.25, -0.2) is 0 Å². The van der Waals surface area contributed by atoms with Crippen LogP contribution in [0.25, 0.3) is 0 Å². The molecule has 1 amide bonds. The molecule has 7 heteroatoms. The number of hydrogen-bond donors (Lipinski definition) is 2. The summed E-state index contributed by atoms with van der Waals surface area (Å²) in [4.78, 5) is 12.1. The molecule has 3 N–H and O–H groups in total. The molecule has 1 fully saturated rings. The second-order valence-electron chi connectivity index (χ2n) is 4.93. The SMILES string of the molecule is CC(NC(=O)[C@@H]1CC[C@H](CN)O1)c1cccc(Cl)c1Cl.Cl. The Hall–Kier alpha value is -0.520. The molecule has 0 bridgehead atoms. The zero-order valence-electron chi connectivity index (χ0n) is 11.6. The Balaban J connectivity index is 0.00000220. The van der Waals surface area contributed by atoms with Crippen molar-refractivity contribution in [3.63, 3.8) is 0 Å². The van der Waals surface area contributed by atoms with Crippen LogP contribution in [0.15, 0.2) is 18.2 Å². The standard InChI is InChI=1S/C14H18Cl2N2O2.ClH/c1-8(10-3-2-4-11(15)13(10)16)18-14(19)12-6-5-9(7-17)20-12;/h2-4,8-9,12H,5-7,17H2,1H3,(H,18,19);1H/t8?,9-,12+;/m1./s1. The van der Waals surface area contributed by atoms with Gasteiger partial charge in [0.15, 0.2) is 0 Å². The van der Waals surface area contributed by atoms with Crippen LogP contribution < -0.4 is 11.1 Å². The predicted molar refractivity (Wildman–Crippen MR) is 87.2 cm³/mol. The van der Waals surface area contributed by atoms with Crippen LogP contribution in [-0.2, 0) is 9.53 Å². The van der Waals surface area contributed by atoms with Gasteiger partial charge in [0, 0.05) is 6.54 Å². The number of nitrogens with one attached hydrogen (secondary N) is 1. The largest absolute Gasteiger partial charge is 0.364 e. The summed E-state index contributed by atoms with van der Waals surface area (Å²) in [6, 6.07) is 5.14. The predicted octanol–water partition coefficient (Wildman–Crippen LogP) is 3.10. The van der Waals surface area contributed by atoms with Crippen LogP contribution in [0, 0.1) is 0 Å². The van der Waals surface area contributed by atoms with E-state index in [1.165, 1.54) is 0 Å². The summed E-state index contributed by atoms with van der Waals surface area (Å²) in [6.07, 6.45) is 1.07. The van der Waals surface area contributed by atoms with Crippen LogP contribution >= 0.6 is 35.6 Å². The highest BCUT2D eigenvalue weighted by molar-refractivity contribution is 6.42. The molecule has 1 saturated heterocycles. The van der Waals surface area contributed by atoms with E-state index < -0.39 is 6.10 Å². The molecule has 21 heavy (non-hydrogen) atoms. The molecule has 0 spiro atoms. The minimum atomic E-state index is -0.427. The first-order valence-corrected chi connectivity index (χ1v) is 7.38. The van der Waals surface area contributed by atoms with Crippen molar-refractivity contribution >= 4 is 41.5 Å². The monoisotopic (exact) mass is 352 g/mol. The second kappa shape index (κ2) is 8.20. The lowest BCUT2D eigenvalue weighted by molar-refractivity contribution is -0.132. The number of hydrogen-bond acceptors (Lipinski definition) is 3. The first-order valence-electron chi connectivity index (χ1n) is 6.62. The molecule has 0 aromatic heterocycles.